The number of rotatable bonds is 5. The summed E-state index contributed by atoms with van der Waals surface area (Å²) in [6, 6.07) is 7.43. The summed E-state index contributed by atoms with van der Waals surface area (Å²) < 4.78 is 0. The van der Waals surface area contributed by atoms with E-state index >= 15 is 0 Å². The lowest BCUT2D eigenvalue weighted by Gasteiger charge is -2.28. The molecule has 0 aliphatic carbocycles. The van der Waals surface area contributed by atoms with Crippen molar-refractivity contribution in [3.05, 3.63) is 35.5 Å². The minimum Gasteiger partial charge on any atom is -0.392 e. The highest BCUT2D eigenvalue weighted by atomic mass is 35.5. The Kier molecular flexibility index (Phi) is 4.81. The number of hydrogen-bond acceptors (Lipinski definition) is 4. The number of benzene rings is 1. The summed E-state index contributed by atoms with van der Waals surface area (Å²) in [5, 5.41) is 20.9. The van der Waals surface area contributed by atoms with E-state index in [0.717, 1.165) is 16.6 Å². The molecule has 0 bridgehead atoms. The van der Waals surface area contributed by atoms with Gasteiger partial charge >= 0.3 is 0 Å². The molecule has 4 nitrogen and oxygen atoms in total. The summed E-state index contributed by atoms with van der Waals surface area (Å²) in [5.74, 6) is 0. The molecule has 2 atom stereocenters. The van der Waals surface area contributed by atoms with Gasteiger partial charge in [-0.15, -0.1) is 0 Å². The average Bonchev–Trinajstić information content (AvgIpc) is 2.35. The number of anilines is 1. The fourth-order valence-electron chi connectivity index (χ4n) is 2.29. The van der Waals surface area contributed by atoms with Crippen LogP contribution in [0.15, 0.2) is 30.5 Å². The van der Waals surface area contributed by atoms with Crippen LogP contribution in [-0.4, -0.2) is 40.5 Å². The van der Waals surface area contributed by atoms with Gasteiger partial charge in [-0.05, 0) is 38.1 Å². The highest BCUT2D eigenvalue weighted by Gasteiger charge is 2.15. The zero-order valence-electron chi connectivity index (χ0n) is 11.6. The molecule has 1 aromatic heterocycles. The number of aliphatic hydroxyl groups is 2. The van der Waals surface area contributed by atoms with Gasteiger partial charge in [0.05, 0.1) is 17.7 Å². The molecule has 108 valence electrons. The molecule has 5 heteroatoms. The summed E-state index contributed by atoms with van der Waals surface area (Å²) in [6.45, 7) is 4.36. The van der Waals surface area contributed by atoms with Crippen molar-refractivity contribution in [1.82, 2.24) is 4.98 Å². The second-order valence-electron chi connectivity index (χ2n) is 5.09. The van der Waals surface area contributed by atoms with Crippen LogP contribution in [0.5, 0.6) is 0 Å². The standard InChI is InChI=1S/C15H19ClN2O2/c1-10(19)8-18(9-11(2)20)15-5-6-17-14-7-12(16)3-4-13(14)15/h3-7,10-11,19-20H,8-9H2,1-2H3. The maximum atomic E-state index is 9.65. The maximum absolute atomic E-state index is 9.65. The molecule has 2 aromatic rings. The lowest BCUT2D eigenvalue weighted by Crippen LogP contribution is -2.36. The van der Waals surface area contributed by atoms with E-state index in [2.05, 4.69) is 4.98 Å². The molecule has 0 radical (unpaired) electrons. The lowest BCUT2D eigenvalue weighted by molar-refractivity contribution is 0.178. The Morgan fingerprint density at radius 3 is 2.40 bits per heavy atom. The minimum atomic E-state index is -0.482. The highest BCUT2D eigenvalue weighted by Crippen LogP contribution is 2.27. The van der Waals surface area contributed by atoms with Crippen molar-refractivity contribution in [2.45, 2.75) is 26.1 Å². The fraction of sp³-hybridized carbons (Fsp3) is 0.400. The Morgan fingerprint density at radius 1 is 1.15 bits per heavy atom. The molecule has 2 N–H and O–H groups in total. The quantitative estimate of drug-likeness (QED) is 0.889. The molecule has 0 aliphatic rings. The Bertz CT molecular complexity index is 577. The van der Waals surface area contributed by atoms with Crippen molar-refractivity contribution in [2.75, 3.05) is 18.0 Å². The molecule has 20 heavy (non-hydrogen) atoms. The monoisotopic (exact) mass is 294 g/mol. The zero-order chi connectivity index (χ0) is 14.7. The van der Waals surface area contributed by atoms with Crippen molar-refractivity contribution in [3.8, 4) is 0 Å². The van der Waals surface area contributed by atoms with Gasteiger partial charge in [0.25, 0.3) is 0 Å². The van der Waals surface area contributed by atoms with Crippen molar-refractivity contribution in [1.29, 1.82) is 0 Å². The van der Waals surface area contributed by atoms with Crippen LogP contribution in [0.25, 0.3) is 10.9 Å². The number of nitrogens with zero attached hydrogens (tertiary/aromatic N) is 2. The van der Waals surface area contributed by atoms with Crippen LogP contribution in [0.3, 0.4) is 0 Å². The van der Waals surface area contributed by atoms with E-state index in [4.69, 9.17) is 11.6 Å². The maximum Gasteiger partial charge on any atom is 0.0737 e. The second kappa shape index (κ2) is 6.39. The van der Waals surface area contributed by atoms with Gasteiger partial charge < -0.3 is 15.1 Å². The molecular weight excluding hydrogens is 276 g/mol. The first kappa shape index (κ1) is 15.0. The van der Waals surface area contributed by atoms with Gasteiger partial charge in [0.15, 0.2) is 0 Å². The van der Waals surface area contributed by atoms with E-state index in [9.17, 15) is 10.2 Å². The third-order valence-corrected chi connectivity index (χ3v) is 3.23. The number of halogens is 1. The zero-order valence-corrected chi connectivity index (χ0v) is 12.4. The van der Waals surface area contributed by atoms with Gasteiger partial charge in [-0.3, -0.25) is 4.98 Å². The molecule has 1 aromatic carbocycles. The fourth-order valence-corrected chi connectivity index (χ4v) is 2.46. The molecule has 0 fully saturated rings. The van der Waals surface area contributed by atoms with Gasteiger partial charge in [0, 0.05) is 35.4 Å². The highest BCUT2D eigenvalue weighted by molar-refractivity contribution is 6.31. The van der Waals surface area contributed by atoms with E-state index in [1.165, 1.54) is 0 Å². The number of pyridine rings is 1. The number of aromatic nitrogens is 1. The van der Waals surface area contributed by atoms with Gasteiger partial charge in [-0.1, -0.05) is 11.6 Å². The molecule has 2 unspecified atom stereocenters. The van der Waals surface area contributed by atoms with E-state index in [0.29, 0.717) is 18.1 Å². The van der Waals surface area contributed by atoms with E-state index < -0.39 is 12.2 Å². The summed E-state index contributed by atoms with van der Waals surface area (Å²) in [5.41, 5.74) is 1.74. The lowest BCUT2D eigenvalue weighted by atomic mass is 10.1. The minimum absolute atomic E-state index is 0.451. The largest absolute Gasteiger partial charge is 0.392 e. The molecule has 0 saturated heterocycles. The van der Waals surface area contributed by atoms with Gasteiger partial charge in [-0.2, -0.15) is 0 Å². The summed E-state index contributed by atoms with van der Waals surface area (Å²) in [4.78, 5) is 6.27. The van der Waals surface area contributed by atoms with Crippen molar-refractivity contribution < 1.29 is 10.2 Å². The van der Waals surface area contributed by atoms with E-state index in [1.54, 1.807) is 20.0 Å². The summed E-state index contributed by atoms with van der Waals surface area (Å²) in [6.07, 6.45) is 0.749. The van der Waals surface area contributed by atoms with Crippen molar-refractivity contribution in [3.63, 3.8) is 0 Å². The topological polar surface area (TPSA) is 56.6 Å². The SMILES string of the molecule is CC(O)CN(CC(C)O)c1ccnc2cc(Cl)ccc12. The Balaban J connectivity index is 2.46. The molecule has 0 saturated carbocycles. The van der Waals surface area contributed by atoms with Crippen molar-refractivity contribution in [2.24, 2.45) is 0 Å². The van der Waals surface area contributed by atoms with Gasteiger partial charge in [0.1, 0.15) is 0 Å². The number of aliphatic hydroxyl groups excluding tert-OH is 2. The average molecular weight is 295 g/mol. The normalized spacial score (nSPS) is 14.2. The predicted octanol–water partition coefficient (Wildman–Crippen LogP) is 2.46. The number of fused-ring (bicyclic) bond motifs is 1. The molecule has 2 rings (SSSR count). The third-order valence-electron chi connectivity index (χ3n) is 2.99. The van der Waals surface area contributed by atoms with Crippen LogP contribution < -0.4 is 4.90 Å². The smallest absolute Gasteiger partial charge is 0.0737 e. The van der Waals surface area contributed by atoms with E-state index in [-0.39, 0.29) is 0 Å². The Hall–Kier alpha value is -1.36. The van der Waals surface area contributed by atoms with Crippen molar-refractivity contribution >= 4 is 28.2 Å². The van der Waals surface area contributed by atoms with Crippen LogP contribution in [0.1, 0.15) is 13.8 Å². The molecule has 0 aliphatic heterocycles. The van der Waals surface area contributed by atoms with Gasteiger partial charge in [0.2, 0.25) is 0 Å². The second-order valence-corrected chi connectivity index (χ2v) is 5.53. The summed E-state index contributed by atoms with van der Waals surface area (Å²) >= 11 is 5.99. The Labute approximate surface area is 123 Å². The van der Waals surface area contributed by atoms with Gasteiger partial charge in [-0.25, -0.2) is 0 Å². The number of hydrogen-bond donors (Lipinski definition) is 2. The Morgan fingerprint density at radius 2 is 1.80 bits per heavy atom. The molecule has 0 amide bonds. The molecule has 0 spiro atoms. The third kappa shape index (κ3) is 3.60. The van der Waals surface area contributed by atoms with Crippen LogP contribution >= 0.6 is 11.6 Å². The van der Waals surface area contributed by atoms with E-state index in [1.807, 2.05) is 29.2 Å². The van der Waals surface area contributed by atoms with Crippen LogP contribution in [-0.2, 0) is 0 Å². The molecular formula is C15H19ClN2O2. The van der Waals surface area contributed by atoms with Crippen LogP contribution in [0.4, 0.5) is 5.69 Å². The first-order valence-corrected chi connectivity index (χ1v) is 7.00. The van der Waals surface area contributed by atoms with Crippen LogP contribution in [0.2, 0.25) is 5.02 Å². The van der Waals surface area contributed by atoms with Crippen LogP contribution in [0, 0.1) is 0 Å². The summed E-state index contributed by atoms with van der Waals surface area (Å²) in [7, 11) is 0. The predicted molar refractivity (Wildman–Crippen MR) is 82.3 cm³/mol. The first-order chi connectivity index (χ1) is 9.47. The first-order valence-electron chi connectivity index (χ1n) is 6.62. The molecule has 1 heterocycles.